The van der Waals surface area contributed by atoms with E-state index in [4.69, 9.17) is 4.74 Å². The van der Waals surface area contributed by atoms with E-state index in [1.165, 1.54) is 11.8 Å². The third kappa shape index (κ3) is 6.26. The monoisotopic (exact) mass is 413 g/mol. The molecule has 1 atom stereocenters. The Bertz CT molecular complexity index is 607. The number of hydrogen-bond donors (Lipinski definition) is 2. The number of amides is 2. The molecule has 1 saturated heterocycles. The fourth-order valence-corrected chi connectivity index (χ4v) is 3.28. The van der Waals surface area contributed by atoms with Gasteiger partial charge in [0.1, 0.15) is 5.25 Å². The summed E-state index contributed by atoms with van der Waals surface area (Å²) in [6.45, 7) is 3.89. The van der Waals surface area contributed by atoms with Gasteiger partial charge in [0.05, 0.1) is 0 Å². The van der Waals surface area contributed by atoms with Crippen molar-refractivity contribution in [2.75, 3.05) is 25.1 Å². The number of rotatable bonds is 8. The number of amidine groups is 1. The SMILES string of the molecule is CCOCCCN=C1NC(=O)[C@H](CC(=O)Nc2ccc(Br)cc2)S1. The summed E-state index contributed by atoms with van der Waals surface area (Å²) in [5, 5.41) is 5.65. The fourth-order valence-electron chi connectivity index (χ4n) is 2.02. The lowest BCUT2D eigenvalue weighted by Gasteiger charge is -2.07. The number of ether oxygens (including phenoxy) is 1. The van der Waals surface area contributed by atoms with Gasteiger partial charge in [0.25, 0.3) is 0 Å². The van der Waals surface area contributed by atoms with Crippen LogP contribution in [-0.4, -0.2) is 42.0 Å². The van der Waals surface area contributed by atoms with Crippen LogP contribution in [0.25, 0.3) is 0 Å². The Morgan fingerprint density at radius 3 is 2.88 bits per heavy atom. The van der Waals surface area contributed by atoms with Crippen molar-refractivity contribution < 1.29 is 14.3 Å². The lowest BCUT2D eigenvalue weighted by Crippen LogP contribution is -2.28. The molecule has 1 aromatic carbocycles. The van der Waals surface area contributed by atoms with Crippen LogP contribution >= 0.6 is 27.7 Å². The molecule has 0 saturated carbocycles. The van der Waals surface area contributed by atoms with Crippen molar-refractivity contribution >= 4 is 50.4 Å². The van der Waals surface area contributed by atoms with E-state index >= 15 is 0 Å². The van der Waals surface area contributed by atoms with Crippen LogP contribution in [0.1, 0.15) is 19.8 Å². The highest BCUT2D eigenvalue weighted by atomic mass is 79.9. The lowest BCUT2D eigenvalue weighted by molar-refractivity contribution is -0.122. The molecule has 0 spiro atoms. The Morgan fingerprint density at radius 1 is 1.42 bits per heavy atom. The molecule has 2 amide bonds. The Morgan fingerprint density at radius 2 is 2.17 bits per heavy atom. The Hall–Kier alpha value is -1.38. The Kier molecular flexibility index (Phi) is 7.74. The third-order valence-corrected chi connectivity index (χ3v) is 4.83. The normalized spacial score (nSPS) is 18.7. The van der Waals surface area contributed by atoms with Crippen molar-refractivity contribution in [2.45, 2.75) is 25.0 Å². The van der Waals surface area contributed by atoms with E-state index in [2.05, 4.69) is 31.6 Å². The van der Waals surface area contributed by atoms with Gasteiger partial charge in [-0.3, -0.25) is 14.6 Å². The van der Waals surface area contributed by atoms with Crippen molar-refractivity contribution in [3.63, 3.8) is 0 Å². The summed E-state index contributed by atoms with van der Waals surface area (Å²) in [6, 6.07) is 7.30. The molecule has 2 N–H and O–H groups in total. The number of benzene rings is 1. The Balaban J connectivity index is 1.78. The van der Waals surface area contributed by atoms with Gasteiger partial charge in [-0.15, -0.1) is 0 Å². The summed E-state index contributed by atoms with van der Waals surface area (Å²) in [5.74, 6) is -0.364. The van der Waals surface area contributed by atoms with Gasteiger partial charge >= 0.3 is 0 Å². The molecule has 1 aromatic rings. The quantitative estimate of drug-likeness (QED) is 0.642. The summed E-state index contributed by atoms with van der Waals surface area (Å²) in [5.41, 5.74) is 0.705. The smallest absolute Gasteiger partial charge is 0.240 e. The first-order valence-electron chi connectivity index (χ1n) is 7.73. The molecule has 0 aliphatic carbocycles. The minimum absolute atomic E-state index is 0.116. The predicted molar refractivity (Wildman–Crippen MR) is 100 cm³/mol. The number of aliphatic imine (C=N–C) groups is 1. The van der Waals surface area contributed by atoms with Gasteiger partial charge in [0.2, 0.25) is 11.8 Å². The molecule has 8 heteroatoms. The molecule has 0 radical (unpaired) electrons. The van der Waals surface area contributed by atoms with Crippen molar-refractivity contribution in [1.82, 2.24) is 5.32 Å². The largest absolute Gasteiger partial charge is 0.382 e. The van der Waals surface area contributed by atoms with Crippen LogP contribution in [0.4, 0.5) is 5.69 Å². The number of thioether (sulfide) groups is 1. The molecule has 1 heterocycles. The average Bonchev–Trinajstić information content (AvgIpc) is 2.89. The molecule has 1 aliphatic rings. The standard InChI is InChI=1S/C16H20BrN3O3S/c1-2-23-9-3-8-18-16-20-15(22)13(24-16)10-14(21)19-12-6-4-11(17)5-7-12/h4-7,13H,2-3,8-10H2,1H3,(H,19,21)(H,18,20,22)/t13-/m0/s1. The van der Waals surface area contributed by atoms with Crippen LogP contribution in [-0.2, 0) is 14.3 Å². The summed E-state index contributed by atoms with van der Waals surface area (Å²) in [4.78, 5) is 28.3. The second-order valence-corrected chi connectivity index (χ2v) is 7.20. The molecule has 6 nitrogen and oxygen atoms in total. The number of nitrogens with one attached hydrogen (secondary N) is 2. The number of hydrogen-bond acceptors (Lipinski definition) is 5. The molecule has 1 fully saturated rings. The highest BCUT2D eigenvalue weighted by Gasteiger charge is 2.31. The maximum Gasteiger partial charge on any atom is 0.240 e. The Labute approximate surface area is 153 Å². The number of carbonyl (C=O) groups is 2. The first-order valence-corrected chi connectivity index (χ1v) is 9.41. The average molecular weight is 414 g/mol. The van der Waals surface area contributed by atoms with Gasteiger partial charge in [-0.25, -0.2) is 0 Å². The van der Waals surface area contributed by atoms with E-state index in [0.717, 1.165) is 10.9 Å². The van der Waals surface area contributed by atoms with E-state index in [-0.39, 0.29) is 18.2 Å². The highest BCUT2D eigenvalue weighted by Crippen LogP contribution is 2.23. The summed E-state index contributed by atoms with van der Waals surface area (Å²) in [6.07, 6.45) is 0.924. The van der Waals surface area contributed by atoms with Crippen LogP contribution in [0.3, 0.4) is 0 Å². The van der Waals surface area contributed by atoms with Crippen molar-refractivity contribution in [2.24, 2.45) is 4.99 Å². The van der Waals surface area contributed by atoms with Gasteiger partial charge in [0, 0.05) is 36.3 Å². The van der Waals surface area contributed by atoms with Crippen molar-refractivity contribution in [1.29, 1.82) is 0 Å². The van der Waals surface area contributed by atoms with Gasteiger partial charge in [0.15, 0.2) is 5.17 Å². The highest BCUT2D eigenvalue weighted by molar-refractivity contribution is 9.10. The van der Waals surface area contributed by atoms with E-state index in [0.29, 0.717) is 30.6 Å². The summed E-state index contributed by atoms with van der Waals surface area (Å²) < 4.78 is 6.18. The minimum Gasteiger partial charge on any atom is -0.382 e. The molecule has 0 unspecified atom stereocenters. The van der Waals surface area contributed by atoms with Gasteiger partial charge in [-0.05, 0) is 37.6 Å². The zero-order valence-electron chi connectivity index (χ0n) is 13.4. The van der Waals surface area contributed by atoms with Crippen LogP contribution in [0.2, 0.25) is 0 Å². The van der Waals surface area contributed by atoms with Gasteiger partial charge in [-0.1, -0.05) is 27.7 Å². The molecule has 1 aliphatic heterocycles. The lowest BCUT2D eigenvalue weighted by atomic mass is 10.2. The minimum atomic E-state index is -0.439. The molecule has 0 aromatic heterocycles. The zero-order chi connectivity index (χ0) is 17.4. The number of halogens is 1. The van der Waals surface area contributed by atoms with Gasteiger partial charge in [-0.2, -0.15) is 0 Å². The number of anilines is 1. The topological polar surface area (TPSA) is 79.8 Å². The molecular formula is C16H20BrN3O3S. The number of nitrogens with zero attached hydrogens (tertiary/aromatic N) is 1. The summed E-state index contributed by atoms with van der Waals surface area (Å²) >= 11 is 4.65. The van der Waals surface area contributed by atoms with Crippen LogP contribution in [0, 0.1) is 0 Å². The fraction of sp³-hybridized carbons (Fsp3) is 0.438. The van der Waals surface area contributed by atoms with Crippen LogP contribution < -0.4 is 10.6 Å². The molecule has 2 rings (SSSR count). The number of carbonyl (C=O) groups excluding carboxylic acids is 2. The maximum absolute atomic E-state index is 12.1. The van der Waals surface area contributed by atoms with Gasteiger partial charge < -0.3 is 15.4 Å². The molecule has 24 heavy (non-hydrogen) atoms. The zero-order valence-corrected chi connectivity index (χ0v) is 15.8. The second kappa shape index (κ2) is 9.80. The maximum atomic E-state index is 12.1. The van der Waals surface area contributed by atoms with E-state index in [1.807, 2.05) is 19.1 Å². The van der Waals surface area contributed by atoms with E-state index in [9.17, 15) is 9.59 Å². The second-order valence-electron chi connectivity index (χ2n) is 5.09. The van der Waals surface area contributed by atoms with Crippen LogP contribution in [0.5, 0.6) is 0 Å². The first-order chi connectivity index (χ1) is 11.6. The first kappa shape index (κ1) is 19.0. The molecule has 130 valence electrons. The molecular weight excluding hydrogens is 394 g/mol. The van der Waals surface area contributed by atoms with Crippen molar-refractivity contribution in [3.05, 3.63) is 28.7 Å². The third-order valence-electron chi connectivity index (χ3n) is 3.18. The van der Waals surface area contributed by atoms with Crippen LogP contribution in [0.15, 0.2) is 33.7 Å². The van der Waals surface area contributed by atoms with Crippen molar-refractivity contribution in [3.8, 4) is 0 Å². The van der Waals surface area contributed by atoms with E-state index < -0.39 is 5.25 Å². The summed E-state index contributed by atoms with van der Waals surface area (Å²) in [7, 11) is 0. The molecule has 0 bridgehead atoms. The van der Waals surface area contributed by atoms with E-state index in [1.54, 1.807) is 12.1 Å². The predicted octanol–water partition coefficient (Wildman–Crippen LogP) is 2.79.